The largest absolute Gasteiger partial charge is 0.336 e. The van der Waals surface area contributed by atoms with Gasteiger partial charge in [0.1, 0.15) is 11.4 Å². The number of piperazine rings is 1. The summed E-state index contributed by atoms with van der Waals surface area (Å²) in [4.78, 5) is 22.2. The molecule has 1 fully saturated rings. The topological polar surface area (TPSA) is 59.2 Å². The molecule has 1 saturated heterocycles. The Bertz CT molecular complexity index is 1210. The predicted molar refractivity (Wildman–Crippen MR) is 121 cm³/mol. The lowest BCUT2D eigenvalue weighted by Gasteiger charge is -2.34. The maximum Gasteiger partial charge on any atom is 0.259 e. The quantitative estimate of drug-likeness (QED) is 0.467. The maximum absolute atomic E-state index is 13.5. The lowest BCUT2D eigenvalue weighted by atomic mass is 10.2. The Kier molecular flexibility index (Phi) is 5.59. The van der Waals surface area contributed by atoms with Gasteiger partial charge in [-0.15, -0.1) is 11.3 Å². The highest BCUT2D eigenvalue weighted by Gasteiger charge is 2.27. The number of amides is 1. The van der Waals surface area contributed by atoms with Gasteiger partial charge in [-0.05, 0) is 43.3 Å². The molecule has 1 amide bonds. The number of rotatable bonds is 5. The zero-order chi connectivity index (χ0) is 22.1. The second-order valence-electron chi connectivity index (χ2n) is 7.79. The van der Waals surface area contributed by atoms with Crippen LogP contribution in [0.3, 0.4) is 0 Å². The van der Waals surface area contributed by atoms with Crippen molar-refractivity contribution >= 4 is 17.2 Å². The van der Waals surface area contributed by atoms with Gasteiger partial charge in [0.2, 0.25) is 0 Å². The monoisotopic (exact) mass is 450 g/mol. The summed E-state index contributed by atoms with van der Waals surface area (Å²) in [5, 5.41) is 7.64. The highest BCUT2D eigenvalue weighted by atomic mass is 32.1. The molecule has 0 bridgehead atoms. The first kappa shape index (κ1) is 20.6. The molecule has 4 aromatic rings. The molecule has 0 atom stereocenters. The first-order valence-electron chi connectivity index (χ1n) is 10.5. The summed E-state index contributed by atoms with van der Waals surface area (Å²) in [5.74, 6) is 0.281. The minimum atomic E-state index is -0.314. The zero-order valence-electron chi connectivity index (χ0n) is 17.7. The summed E-state index contributed by atoms with van der Waals surface area (Å²) < 4.78 is 17.0. The molecule has 164 valence electrons. The van der Waals surface area contributed by atoms with Crippen LogP contribution in [-0.4, -0.2) is 61.2 Å². The fourth-order valence-corrected chi connectivity index (χ4v) is 4.58. The summed E-state index contributed by atoms with van der Waals surface area (Å²) in [5.41, 5.74) is 2.30. The Hall–Kier alpha value is -3.30. The molecule has 1 aliphatic heterocycles. The summed E-state index contributed by atoms with van der Waals surface area (Å²) in [6, 6.07) is 9.89. The Morgan fingerprint density at radius 2 is 1.81 bits per heavy atom. The summed E-state index contributed by atoms with van der Waals surface area (Å²) in [6.07, 6.45) is 5.36. The van der Waals surface area contributed by atoms with Gasteiger partial charge in [0.15, 0.2) is 5.82 Å². The van der Waals surface area contributed by atoms with E-state index in [-0.39, 0.29) is 11.7 Å². The number of thiazole rings is 1. The number of aryl methyl sites for hydroxylation is 1. The van der Waals surface area contributed by atoms with Crippen molar-refractivity contribution < 1.29 is 9.18 Å². The van der Waals surface area contributed by atoms with Crippen LogP contribution >= 0.6 is 11.3 Å². The van der Waals surface area contributed by atoms with E-state index in [1.54, 1.807) is 34.3 Å². The van der Waals surface area contributed by atoms with Crippen molar-refractivity contribution in [2.45, 2.75) is 13.5 Å². The van der Waals surface area contributed by atoms with Crippen LogP contribution in [0.15, 0.2) is 60.4 Å². The minimum absolute atomic E-state index is 0.0498. The Balaban J connectivity index is 1.36. The number of aromatic nitrogens is 4. The lowest BCUT2D eigenvalue weighted by molar-refractivity contribution is 0.0627. The van der Waals surface area contributed by atoms with Gasteiger partial charge in [-0.1, -0.05) is 0 Å². The van der Waals surface area contributed by atoms with Gasteiger partial charge < -0.3 is 9.47 Å². The van der Waals surface area contributed by atoms with Crippen LogP contribution in [0.1, 0.15) is 21.1 Å². The van der Waals surface area contributed by atoms with Gasteiger partial charge in [-0.2, -0.15) is 5.10 Å². The standard InChI is InChI=1S/C23H23FN6OS/c1-17-26-19(16-32-17)15-27-10-12-29(13-11-27)23(31)21-14-25-30(20-6-4-18(24)5-7-20)22(21)28-8-2-3-9-28/h2-9,14,16H,10-13,15H2,1H3. The van der Waals surface area contributed by atoms with E-state index in [1.807, 2.05) is 40.9 Å². The summed E-state index contributed by atoms with van der Waals surface area (Å²) in [7, 11) is 0. The van der Waals surface area contributed by atoms with Crippen LogP contribution in [0.25, 0.3) is 11.5 Å². The van der Waals surface area contributed by atoms with Crippen molar-refractivity contribution in [1.82, 2.24) is 29.1 Å². The maximum atomic E-state index is 13.5. The van der Waals surface area contributed by atoms with Crippen LogP contribution in [-0.2, 0) is 6.54 Å². The SMILES string of the molecule is Cc1nc(CN2CCN(C(=O)c3cnn(-c4ccc(F)cc4)c3-n3cccc3)CC2)cs1. The second kappa shape index (κ2) is 8.68. The van der Waals surface area contributed by atoms with Crippen molar-refractivity contribution in [1.29, 1.82) is 0 Å². The molecule has 9 heteroatoms. The summed E-state index contributed by atoms with van der Waals surface area (Å²) >= 11 is 1.66. The molecule has 0 aliphatic carbocycles. The van der Waals surface area contributed by atoms with E-state index in [0.29, 0.717) is 30.2 Å². The van der Waals surface area contributed by atoms with Crippen LogP contribution in [0.4, 0.5) is 4.39 Å². The molecule has 1 aliphatic rings. The highest BCUT2D eigenvalue weighted by molar-refractivity contribution is 7.09. The first-order valence-corrected chi connectivity index (χ1v) is 11.4. The molecule has 0 radical (unpaired) electrons. The van der Waals surface area contributed by atoms with Crippen molar-refractivity contribution in [3.05, 3.63) is 82.5 Å². The van der Waals surface area contributed by atoms with Crippen molar-refractivity contribution in [3.8, 4) is 11.5 Å². The van der Waals surface area contributed by atoms with Gasteiger partial charge in [0.05, 0.1) is 22.6 Å². The molecule has 5 rings (SSSR count). The predicted octanol–water partition coefficient (Wildman–Crippen LogP) is 3.53. The van der Waals surface area contributed by atoms with E-state index in [1.165, 1.54) is 12.1 Å². The number of carbonyl (C=O) groups is 1. The number of carbonyl (C=O) groups excluding carboxylic acids is 1. The molecule has 7 nitrogen and oxygen atoms in total. The Morgan fingerprint density at radius 3 is 2.47 bits per heavy atom. The minimum Gasteiger partial charge on any atom is -0.336 e. The average molecular weight is 451 g/mol. The van der Waals surface area contributed by atoms with Gasteiger partial charge in [-0.25, -0.2) is 14.1 Å². The molecule has 0 N–H and O–H groups in total. The van der Waals surface area contributed by atoms with Crippen LogP contribution < -0.4 is 0 Å². The Morgan fingerprint density at radius 1 is 1.09 bits per heavy atom. The highest BCUT2D eigenvalue weighted by Crippen LogP contribution is 2.22. The third kappa shape index (κ3) is 4.09. The van der Waals surface area contributed by atoms with E-state index in [4.69, 9.17) is 0 Å². The van der Waals surface area contributed by atoms with E-state index < -0.39 is 0 Å². The zero-order valence-corrected chi connectivity index (χ0v) is 18.5. The molecular formula is C23H23FN6OS. The number of benzene rings is 1. The second-order valence-corrected chi connectivity index (χ2v) is 8.85. The fourth-order valence-electron chi connectivity index (χ4n) is 3.98. The van der Waals surface area contributed by atoms with Crippen molar-refractivity contribution in [2.75, 3.05) is 26.2 Å². The Labute approximate surface area is 189 Å². The summed E-state index contributed by atoms with van der Waals surface area (Å²) in [6.45, 7) is 5.72. The number of nitrogens with zero attached hydrogens (tertiary/aromatic N) is 6. The van der Waals surface area contributed by atoms with Gasteiger partial charge in [0, 0.05) is 50.5 Å². The molecule has 3 aromatic heterocycles. The van der Waals surface area contributed by atoms with Crippen LogP contribution in [0.2, 0.25) is 0 Å². The van der Waals surface area contributed by atoms with Gasteiger partial charge in [-0.3, -0.25) is 9.69 Å². The number of hydrogen-bond acceptors (Lipinski definition) is 5. The molecule has 4 heterocycles. The molecule has 1 aromatic carbocycles. The molecular weight excluding hydrogens is 427 g/mol. The molecule has 0 spiro atoms. The first-order chi connectivity index (χ1) is 15.6. The van der Waals surface area contributed by atoms with E-state index in [2.05, 4.69) is 20.4 Å². The van der Waals surface area contributed by atoms with Crippen molar-refractivity contribution in [3.63, 3.8) is 0 Å². The number of hydrogen-bond donors (Lipinski definition) is 0. The third-order valence-corrected chi connectivity index (χ3v) is 6.43. The van der Waals surface area contributed by atoms with Crippen LogP contribution in [0, 0.1) is 12.7 Å². The van der Waals surface area contributed by atoms with Crippen molar-refractivity contribution in [2.24, 2.45) is 0 Å². The van der Waals surface area contributed by atoms with E-state index >= 15 is 0 Å². The molecule has 0 unspecified atom stereocenters. The fraction of sp³-hybridized carbons (Fsp3) is 0.261. The van der Waals surface area contributed by atoms with Gasteiger partial charge >= 0.3 is 0 Å². The molecule has 0 saturated carbocycles. The van der Waals surface area contributed by atoms with Crippen LogP contribution in [0.5, 0.6) is 0 Å². The van der Waals surface area contributed by atoms with E-state index in [9.17, 15) is 9.18 Å². The lowest BCUT2D eigenvalue weighted by Crippen LogP contribution is -2.48. The van der Waals surface area contributed by atoms with Gasteiger partial charge in [0.25, 0.3) is 5.91 Å². The number of halogens is 1. The average Bonchev–Trinajstić information content (AvgIpc) is 3.55. The van der Waals surface area contributed by atoms with E-state index in [0.717, 1.165) is 30.3 Å². The normalized spacial score (nSPS) is 14.8. The third-order valence-electron chi connectivity index (χ3n) is 5.61. The molecule has 32 heavy (non-hydrogen) atoms. The smallest absolute Gasteiger partial charge is 0.259 e.